The molecule has 1 atom stereocenters. The summed E-state index contributed by atoms with van der Waals surface area (Å²) in [5, 5.41) is 3.20. The van der Waals surface area contributed by atoms with Crippen LogP contribution in [0.4, 0.5) is 10.1 Å². The Balaban J connectivity index is 1.19. The number of rotatable bonds is 3. The van der Waals surface area contributed by atoms with E-state index in [2.05, 4.69) is 5.32 Å². The van der Waals surface area contributed by atoms with Crippen molar-refractivity contribution in [3.63, 3.8) is 0 Å². The molecule has 7 nitrogen and oxygen atoms in total. The molecule has 0 spiro atoms. The van der Waals surface area contributed by atoms with Crippen molar-refractivity contribution < 1.29 is 18.7 Å². The van der Waals surface area contributed by atoms with E-state index in [-0.39, 0.29) is 17.6 Å². The van der Waals surface area contributed by atoms with Crippen molar-refractivity contribution in [1.82, 2.24) is 9.80 Å². The Labute approximate surface area is 179 Å². The van der Waals surface area contributed by atoms with Gasteiger partial charge < -0.3 is 25.6 Å². The van der Waals surface area contributed by atoms with Crippen LogP contribution in [0.1, 0.15) is 41.4 Å². The van der Waals surface area contributed by atoms with Gasteiger partial charge >= 0.3 is 0 Å². The molecule has 1 saturated heterocycles. The zero-order valence-electron chi connectivity index (χ0n) is 17.1. The molecule has 1 unspecified atom stereocenters. The van der Waals surface area contributed by atoms with Crippen LogP contribution in [0.3, 0.4) is 0 Å². The second-order valence-corrected chi connectivity index (χ2v) is 8.50. The monoisotopic (exact) mass is 424 g/mol. The third-order valence-electron chi connectivity index (χ3n) is 6.46. The molecule has 2 aliphatic heterocycles. The quantitative estimate of drug-likeness (QED) is 0.791. The lowest BCUT2D eigenvalue weighted by molar-refractivity contribution is -0.141. The van der Waals surface area contributed by atoms with E-state index >= 15 is 0 Å². The van der Waals surface area contributed by atoms with E-state index in [4.69, 9.17) is 10.5 Å². The first-order valence-electron chi connectivity index (χ1n) is 10.6. The molecule has 2 fully saturated rings. The van der Waals surface area contributed by atoms with Crippen LogP contribution < -0.4 is 15.8 Å². The maximum Gasteiger partial charge on any atom is 0.253 e. The first kappa shape index (κ1) is 19.8. The number of carbonyl (C=O) groups is 2. The number of hydrogen-bond donors (Lipinski definition) is 2. The number of anilines is 1. The van der Waals surface area contributed by atoms with Gasteiger partial charge in [-0.15, -0.1) is 0 Å². The molecule has 3 N–H and O–H groups in total. The number of hydrogen-bond acceptors (Lipinski definition) is 5. The SMILES string of the molecule is NC1(C(=O)N2CCN(C(=O)c3ccc(C4Nc5ccc(F)cc5O4)cc3)CC2)CCC1. The molecule has 0 aromatic heterocycles. The van der Waals surface area contributed by atoms with E-state index in [1.165, 1.54) is 12.1 Å². The standard InChI is InChI=1S/C23H25FN4O3/c24-17-6-7-18-19(14-17)31-20(26-18)15-2-4-16(5-3-15)21(29)27-10-12-28(13-11-27)22(30)23(25)8-1-9-23/h2-7,14,20,26H,1,8-13,25H2. The Bertz CT molecular complexity index is 1010. The van der Waals surface area contributed by atoms with Gasteiger partial charge in [0.1, 0.15) is 11.6 Å². The molecule has 3 aliphatic rings. The highest BCUT2D eigenvalue weighted by atomic mass is 19.1. The van der Waals surface area contributed by atoms with Gasteiger partial charge in [-0.05, 0) is 43.5 Å². The van der Waals surface area contributed by atoms with Crippen LogP contribution in [-0.2, 0) is 4.79 Å². The van der Waals surface area contributed by atoms with E-state index in [1.54, 1.807) is 28.0 Å². The largest absolute Gasteiger partial charge is 0.464 e. The topological polar surface area (TPSA) is 87.9 Å². The van der Waals surface area contributed by atoms with Crippen LogP contribution in [0.2, 0.25) is 0 Å². The summed E-state index contributed by atoms with van der Waals surface area (Å²) in [6, 6.07) is 11.6. The molecule has 2 heterocycles. The average molecular weight is 424 g/mol. The average Bonchev–Trinajstić information content (AvgIpc) is 3.20. The second kappa shape index (κ2) is 7.53. The van der Waals surface area contributed by atoms with Crippen LogP contribution in [-0.4, -0.2) is 53.3 Å². The third-order valence-corrected chi connectivity index (χ3v) is 6.46. The van der Waals surface area contributed by atoms with E-state index in [9.17, 15) is 14.0 Å². The second-order valence-electron chi connectivity index (χ2n) is 8.50. The number of fused-ring (bicyclic) bond motifs is 1. The lowest BCUT2D eigenvalue weighted by Crippen LogP contribution is -2.62. The van der Waals surface area contributed by atoms with Crippen molar-refractivity contribution in [2.75, 3.05) is 31.5 Å². The fraction of sp³-hybridized carbons (Fsp3) is 0.391. The summed E-state index contributed by atoms with van der Waals surface area (Å²) in [7, 11) is 0. The highest BCUT2D eigenvalue weighted by molar-refractivity contribution is 5.94. The molecule has 5 rings (SSSR count). The number of carbonyl (C=O) groups excluding carboxylic acids is 2. The predicted molar refractivity (Wildman–Crippen MR) is 113 cm³/mol. The summed E-state index contributed by atoms with van der Waals surface area (Å²) in [5.74, 6) is 0.0764. The molecular weight excluding hydrogens is 399 g/mol. The molecule has 1 aliphatic carbocycles. The van der Waals surface area contributed by atoms with E-state index in [0.717, 1.165) is 30.5 Å². The molecule has 2 aromatic rings. The first-order chi connectivity index (χ1) is 14.9. The predicted octanol–water partition coefficient (Wildman–Crippen LogP) is 2.49. The zero-order valence-corrected chi connectivity index (χ0v) is 17.1. The van der Waals surface area contributed by atoms with Crippen molar-refractivity contribution in [3.8, 4) is 5.75 Å². The van der Waals surface area contributed by atoms with Crippen molar-refractivity contribution in [2.45, 2.75) is 31.0 Å². The van der Waals surface area contributed by atoms with Gasteiger partial charge in [-0.25, -0.2) is 4.39 Å². The Morgan fingerprint density at radius 3 is 2.35 bits per heavy atom. The summed E-state index contributed by atoms with van der Waals surface area (Å²) in [6.45, 7) is 2.01. The fourth-order valence-electron chi connectivity index (χ4n) is 4.34. The van der Waals surface area contributed by atoms with Crippen LogP contribution in [0.15, 0.2) is 42.5 Å². The number of nitrogens with zero attached hydrogens (tertiary/aromatic N) is 2. The normalized spacial score (nSPS) is 21.5. The summed E-state index contributed by atoms with van der Waals surface area (Å²) >= 11 is 0. The number of halogens is 1. The van der Waals surface area contributed by atoms with Crippen molar-refractivity contribution in [1.29, 1.82) is 0 Å². The van der Waals surface area contributed by atoms with Crippen molar-refractivity contribution >= 4 is 17.5 Å². The van der Waals surface area contributed by atoms with Crippen LogP contribution >= 0.6 is 0 Å². The number of amides is 2. The summed E-state index contributed by atoms with van der Waals surface area (Å²) in [6.07, 6.45) is 2.07. The van der Waals surface area contributed by atoms with Gasteiger partial charge in [-0.3, -0.25) is 9.59 Å². The minimum Gasteiger partial charge on any atom is -0.464 e. The summed E-state index contributed by atoms with van der Waals surface area (Å²) in [4.78, 5) is 29.0. The zero-order chi connectivity index (χ0) is 21.6. The Kier molecular flexibility index (Phi) is 4.81. The molecule has 1 saturated carbocycles. The minimum absolute atomic E-state index is 0.0140. The third kappa shape index (κ3) is 3.61. The first-order valence-corrected chi connectivity index (χ1v) is 10.6. The van der Waals surface area contributed by atoms with Crippen molar-refractivity contribution in [2.24, 2.45) is 5.73 Å². The minimum atomic E-state index is -0.691. The van der Waals surface area contributed by atoms with Gasteiger partial charge in [-0.1, -0.05) is 12.1 Å². The van der Waals surface area contributed by atoms with Crippen LogP contribution in [0.25, 0.3) is 0 Å². The molecular formula is C23H25FN4O3. The van der Waals surface area contributed by atoms with Gasteiger partial charge in [0.05, 0.1) is 11.2 Å². The molecule has 162 valence electrons. The Morgan fingerprint density at radius 2 is 1.71 bits per heavy atom. The van der Waals surface area contributed by atoms with Crippen LogP contribution in [0.5, 0.6) is 5.75 Å². The van der Waals surface area contributed by atoms with Gasteiger partial charge in [0, 0.05) is 43.4 Å². The highest BCUT2D eigenvalue weighted by Crippen LogP contribution is 2.38. The smallest absolute Gasteiger partial charge is 0.253 e. The van der Waals surface area contributed by atoms with Gasteiger partial charge in [0.15, 0.2) is 6.23 Å². The lowest BCUT2D eigenvalue weighted by Gasteiger charge is -2.43. The summed E-state index contributed by atoms with van der Waals surface area (Å²) in [5.41, 5.74) is 7.63. The molecule has 0 bridgehead atoms. The maximum atomic E-state index is 13.4. The lowest BCUT2D eigenvalue weighted by atomic mass is 9.76. The molecule has 2 aromatic carbocycles. The molecule has 8 heteroatoms. The van der Waals surface area contributed by atoms with Gasteiger partial charge in [0.25, 0.3) is 5.91 Å². The fourth-order valence-corrected chi connectivity index (χ4v) is 4.34. The van der Waals surface area contributed by atoms with Crippen LogP contribution in [0, 0.1) is 5.82 Å². The van der Waals surface area contributed by atoms with Gasteiger partial charge in [-0.2, -0.15) is 0 Å². The number of nitrogens with two attached hydrogens (primary N) is 1. The number of nitrogens with one attached hydrogen (secondary N) is 1. The van der Waals surface area contributed by atoms with Crippen molar-refractivity contribution in [3.05, 3.63) is 59.4 Å². The Hall–Kier alpha value is -3.13. The summed E-state index contributed by atoms with van der Waals surface area (Å²) < 4.78 is 19.2. The Morgan fingerprint density at radius 1 is 1.03 bits per heavy atom. The van der Waals surface area contributed by atoms with E-state index < -0.39 is 11.8 Å². The highest BCUT2D eigenvalue weighted by Gasteiger charge is 2.43. The maximum absolute atomic E-state index is 13.4. The van der Waals surface area contributed by atoms with E-state index in [0.29, 0.717) is 37.5 Å². The molecule has 2 amide bonds. The van der Waals surface area contributed by atoms with Gasteiger partial charge in [0.2, 0.25) is 5.91 Å². The van der Waals surface area contributed by atoms with E-state index in [1.807, 2.05) is 12.1 Å². The molecule has 31 heavy (non-hydrogen) atoms. The molecule has 0 radical (unpaired) electrons. The number of ether oxygens (including phenoxy) is 1. The number of benzene rings is 2. The number of piperazine rings is 1.